The highest BCUT2D eigenvalue weighted by molar-refractivity contribution is 5.86. The number of hydrogen-bond donors (Lipinski definition) is 1. The minimum atomic E-state index is -0.530. The molecule has 0 saturated heterocycles. The van der Waals surface area contributed by atoms with Crippen molar-refractivity contribution in [2.45, 2.75) is 40.2 Å². The number of carbonyl (C=O) groups is 1. The molecule has 0 radical (unpaired) electrons. The lowest BCUT2D eigenvalue weighted by Crippen LogP contribution is -2.27. The highest BCUT2D eigenvalue weighted by Crippen LogP contribution is 2.28. The van der Waals surface area contributed by atoms with Crippen LogP contribution in [-0.4, -0.2) is 21.2 Å². The Labute approximate surface area is 166 Å². The van der Waals surface area contributed by atoms with E-state index in [2.05, 4.69) is 24.4 Å². The van der Waals surface area contributed by atoms with Crippen molar-refractivity contribution in [1.82, 2.24) is 9.55 Å². The Bertz CT molecular complexity index is 1010. The maximum Gasteiger partial charge on any atom is 0.412 e. The van der Waals surface area contributed by atoms with Gasteiger partial charge in [0.05, 0.1) is 5.69 Å². The van der Waals surface area contributed by atoms with Crippen LogP contribution in [0.3, 0.4) is 0 Å². The predicted octanol–water partition coefficient (Wildman–Crippen LogP) is 5.72. The van der Waals surface area contributed by atoms with Gasteiger partial charge in [0.25, 0.3) is 0 Å². The maximum absolute atomic E-state index is 12.0. The molecule has 146 valence electrons. The van der Waals surface area contributed by atoms with Crippen LogP contribution in [0.25, 0.3) is 22.6 Å². The standard InChI is InChI=1S/C23H27N3O2/c1-15-9-7-8-10-18(15)21-24-20(14-26(21)6)17-11-12-19(16(2)13-17)25-22(27)28-23(3,4)5/h7-14H,1-6H3,(H,25,27). The minimum Gasteiger partial charge on any atom is -0.444 e. The van der Waals surface area contributed by atoms with E-state index in [0.29, 0.717) is 0 Å². The van der Waals surface area contributed by atoms with Gasteiger partial charge in [-0.1, -0.05) is 30.3 Å². The van der Waals surface area contributed by atoms with Crippen LogP contribution >= 0.6 is 0 Å². The molecule has 0 atom stereocenters. The molecule has 1 amide bonds. The zero-order valence-corrected chi connectivity index (χ0v) is 17.3. The number of nitrogens with zero attached hydrogens (tertiary/aromatic N) is 2. The maximum atomic E-state index is 12.0. The van der Waals surface area contributed by atoms with Crippen LogP contribution in [0, 0.1) is 13.8 Å². The average molecular weight is 377 g/mol. The van der Waals surface area contributed by atoms with E-state index < -0.39 is 11.7 Å². The van der Waals surface area contributed by atoms with Gasteiger partial charge in [-0.2, -0.15) is 0 Å². The molecule has 0 saturated carbocycles. The van der Waals surface area contributed by atoms with Crippen molar-refractivity contribution in [3.8, 4) is 22.6 Å². The van der Waals surface area contributed by atoms with Crippen molar-refractivity contribution >= 4 is 11.8 Å². The summed E-state index contributed by atoms with van der Waals surface area (Å²) < 4.78 is 7.37. The van der Waals surface area contributed by atoms with Crippen LogP contribution in [0.4, 0.5) is 10.5 Å². The van der Waals surface area contributed by atoms with Crippen LogP contribution in [0.5, 0.6) is 0 Å². The summed E-state index contributed by atoms with van der Waals surface area (Å²) in [4.78, 5) is 16.9. The molecule has 0 aliphatic carbocycles. The van der Waals surface area contributed by atoms with E-state index in [-0.39, 0.29) is 0 Å². The summed E-state index contributed by atoms with van der Waals surface area (Å²) in [6.07, 6.45) is 1.57. The van der Waals surface area contributed by atoms with Gasteiger partial charge < -0.3 is 9.30 Å². The van der Waals surface area contributed by atoms with Crippen molar-refractivity contribution in [1.29, 1.82) is 0 Å². The number of nitrogens with one attached hydrogen (secondary N) is 1. The topological polar surface area (TPSA) is 56.2 Å². The van der Waals surface area contributed by atoms with Gasteiger partial charge in [-0.15, -0.1) is 0 Å². The molecule has 1 aromatic heterocycles. The number of ether oxygens (including phenoxy) is 1. The zero-order chi connectivity index (χ0) is 20.5. The van der Waals surface area contributed by atoms with E-state index >= 15 is 0 Å². The summed E-state index contributed by atoms with van der Waals surface area (Å²) in [5.41, 5.74) is 5.36. The number of aromatic nitrogens is 2. The molecular formula is C23H27N3O2. The molecule has 0 aliphatic rings. The molecule has 3 aromatic rings. The number of carbonyl (C=O) groups excluding carboxylic acids is 1. The predicted molar refractivity (Wildman–Crippen MR) is 113 cm³/mol. The molecular weight excluding hydrogens is 350 g/mol. The first kappa shape index (κ1) is 19.7. The minimum absolute atomic E-state index is 0.456. The first-order valence-electron chi connectivity index (χ1n) is 9.34. The first-order valence-corrected chi connectivity index (χ1v) is 9.34. The van der Waals surface area contributed by atoms with Gasteiger partial charge in [-0.25, -0.2) is 9.78 Å². The number of rotatable bonds is 3. The summed E-state index contributed by atoms with van der Waals surface area (Å²) in [7, 11) is 2.00. The third-order valence-electron chi connectivity index (χ3n) is 4.42. The monoisotopic (exact) mass is 377 g/mol. The normalized spacial score (nSPS) is 11.4. The Morgan fingerprint density at radius 2 is 1.79 bits per heavy atom. The van der Waals surface area contributed by atoms with Crippen molar-refractivity contribution in [2.75, 3.05) is 5.32 Å². The van der Waals surface area contributed by atoms with Gasteiger partial charge in [0.2, 0.25) is 0 Å². The fourth-order valence-electron chi connectivity index (χ4n) is 3.06. The third-order valence-corrected chi connectivity index (χ3v) is 4.42. The van der Waals surface area contributed by atoms with E-state index in [4.69, 9.17) is 9.72 Å². The summed E-state index contributed by atoms with van der Waals surface area (Å²) in [5, 5.41) is 2.81. The van der Waals surface area contributed by atoms with Crippen LogP contribution in [0.15, 0.2) is 48.7 Å². The van der Waals surface area contributed by atoms with Crippen molar-refractivity contribution < 1.29 is 9.53 Å². The quantitative estimate of drug-likeness (QED) is 0.635. The smallest absolute Gasteiger partial charge is 0.412 e. The number of amides is 1. The van der Waals surface area contributed by atoms with Crippen molar-refractivity contribution in [3.63, 3.8) is 0 Å². The molecule has 3 rings (SSSR count). The van der Waals surface area contributed by atoms with Crippen LogP contribution in [-0.2, 0) is 11.8 Å². The fraction of sp³-hybridized carbons (Fsp3) is 0.304. The molecule has 0 bridgehead atoms. The van der Waals surface area contributed by atoms with Crippen LogP contribution < -0.4 is 5.32 Å². The highest BCUT2D eigenvalue weighted by atomic mass is 16.6. The van der Waals surface area contributed by atoms with Gasteiger partial charge >= 0.3 is 6.09 Å². The Morgan fingerprint density at radius 3 is 2.43 bits per heavy atom. The zero-order valence-electron chi connectivity index (χ0n) is 17.3. The molecule has 28 heavy (non-hydrogen) atoms. The lowest BCUT2D eigenvalue weighted by atomic mass is 10.1. The number of benzene rings is 2. The average Bonchev–Trinajstić information content (AvgIpc) is 2.97. The lowest BCUT2D eigenvalue weighted by molar-refractivity contribution is 0.0636. The first-order chi connectivity index (χ1) is 13.1. The molecule has 1 heterocycles. The fourth-order valence-corrected chi connectivity index (χ4v) is 3.06. The van der Waals surface area contributed by atoms with E-state index in [1.165, 1.54) is 5.56 Å². The summed E-state index contributed by atoms with van der Waals surface area (Å²) in [6, 6.07) is 14.1. The Balaban J connectivity index is 1.86. The number of anilines is 1. The molecule has 0 aliphatic heterocycles. The second-order valence-corrected chi connectivity index (χ2v) is 8.03. The van der Waals surface area contributed by atoms with Gasteiger partial charge in [0.15, 0.2) is 0 Å². The van der Waals surface area contributed by atoms with Gasteiger partial charge in [-0.05, 0) is 57.9 Å². The van der Waals surface area contributed by atoms with E-state index in [9.17, 15) is 4.79 Å². The van der Waals surface area contributed by atoms with Crippen LogP contribution in [0.1, 0.15) is 31.9 Å². The molecule has 2 aromatic carbocycles. The van der Waals surface area contributed by atoms with E-state index in [1.807, 2.05) is 75.8 Å². The van der Waals surface area contributed by atoms with Gasteiger partial charge in [-0.3, -0.25) is 5.32 Å². The molecule has 5 nitrogen and oxygen atoms in total. The molecule has 0 spiro atoms. The van der Waals surface area contributed by atoms with Gasteiger partial charge in [0.1, 0.15) is 11.4 Å². The Morgan fingerprint density at radius 1 is 1.07 bits per heavy atom. The Hall–Kier alpha value is -3.08. The second kappa shape index (κ2) is 7.50. The number of imidazole rings is 1. The highest BCUT2D eigenvalue weighted by Gasteiger charge is 2.17. The summed E-state index contributed by atoms with van der Waals surface area (Å²) in [6.45, 7) is 9.58. The molecule has 0 unspecified atom stereocenters. The third kappa shape index (κ3) is 4.42. The lowest BCUT2D eigenvalue weighted by Gasteiger charge is -2.20. The van der Waals surface area contributed by atoms with E-state index in [1.54, 1.807) is 0 Å². The molecule has 1 N–H and O–H groups in total. The Kier molecular flexibility index (Phi) is 5.27. The molecule has 5 heteroatoms. The van der Waals surface area contributed by atoms with Crippen LogP contribution in [0.2, 0.25) is 0 Å². The summed E-state index contributed by atoms with van der Waals surface area (Å²) >= 11 is 0. The SMILES string of the molecule is Cc1cc(-c2cn(C)c(-c3ccccc3C)n2)ccc1NC(=O)OC(C)(C)C. The van der Waals surface area contributed by atoms with Crippen molar-refractivity contribution in [2.24, 2.45) is 7.05 Å². The molecule has 0 fully saturated rings. The van der Waals surface area contributed by atoms with E-state index in [0.717, 1.165) is 33.9 Å². The number of aryl methyl sites for hydroxylation is 3. The largest absolute Gasteiger partial charge is 0.444 e. The van der Waals surface area contributed by atoms with Gasteiger partial charge in [0, 0.05) is 30.1 Å². The summed E-state index contributed by atoms with van der Waals surface area (Å²) in [5.74, 6) is 0.932. The second-order valence-electron chi connectivity index (χ2n) is 8.03. The van der Waals surface area contributed by atoms with Crippen molar-refractivity contribution in [3.05, 3.63) is 59.8 Å². The number of hydrogen-bond acceptors (Lipinski definition) is 3.